The maximum atomic E-state index is 4.88. The summed E-state index contributed by atoms with van der Waals surface area (Å²) in [4.78, 5) is 4.88. The van der Waals surface area contributed by atoms with Gasteiger partial charge in [-0.3, -0.25) is 4.98 Å². The maximum absolute atomic E-state index is 4.88. The number of rotatable bonds is 1. The number of aromatic nitrogens is 1. The summed E-state index contributed by atoms with van der Waals surface area (Å²) in [5, 5.41) is 0. The van der Waals surface area contributed by atoms with E-state index in [9.17, 15) is 0 Å². The van der Waals surface area contributed by atoms with Gasteiger partial charge in [0.1, 0.15) is 0 Å². The van der Waals surface area contributed by atoms with Gasteiger partial charge in [-0.15, -0.1) is 0 Å². The third kappa shape index (κ3) is 1.83. The Balaban J connectivity index is 1.85. The van der Waals surface area contributed by atoms with Gasteiger partial charge in [-0.25, -0.2) is 0 Å². The minimum absolute atomic E-state index is 1.03. The Labute approximate surface area is 118 Å². The standard InChI is InChI=1S/C19H15N/c1-2-7-15(8-3-1)18-13-11-17-16-9-5-4-6-14(16)10-12-19(17)20-18/h1-9,11,13H,10,12H2. The monoisotopic (exact) mass is 257 g/mol. The van der Waals surface area contributed by atoms with Gasteiger partial charge in [-0.05, 0) is 30.0 Å². The van der Waals surface area contributed by atoms with E-state index >= 15 is 0 Å². The smallest absolute Gasteiger partial charge is 0.0705 e. The molecule has 0 spiro atoms. The first-order chi connectivity index (χ1) is 9.92. The summed E-state index contributed by atoms with van der Waals surface area (Å²) in [7, 11) is 0. The molecule has 0 amide bonds. The lowest BCUT2D eigenvalue weighted by Gasteiger charge is -2.19. The molecule has 1 heterocycles. The Morgan fingerprint density at radius 3 is 2.35 bits per heavy atom. The Kier molecular flexibility index (Phi) is 2.63. The summed E-state index contributed by atoms with van der Waals surface area (Å²) < 4.78 is 0. The summed E-state index contributed by atoms with van der Waals surface area (Å²) in [6.45, 7) is 0. The number of aryl methyl sites for hydroxylation is 2. The van der Waals surface area contributed by atoms with Crippen LogP contribution in [-0.2, 0) is 12.8 Å². The van der Waals surface area contributed by atoms with Crippen LogP contribution in [0.5, 0.6) is 0 Å². The van der Waals surface area contributed by atoms with Crippen molar-refractivity contribution >= 4 is 0 Å². The van der Waals surface area contributed by atoms with E-state index in [4.69, 9.17) is 4.98 Å². The van der Waals surface area contributed by atoms with Crippen molar-refractivity contribution in [1.82, 2.24) is 4.98 Å². The van der Waals surface area contributed by atoms with Crippen LogP contribution in [0.25, 0.3) is 22.4 Å². The molecular formula is C19H15N. The third-order valence-electron chi connectivity index (χ3n) is 3.98. The van der Waals surface area contributed by atoms with Gasteiger partial charge in [-0.1, -0.05) is 60.7 Å². The van der Waals surface area contributed by atoms with E-state index < -0.39 is 0 Å². The predicted molar refractivity (Wildman–Crippen MR) is 82.5 cm³/mol. The number of hydrogen-bond acceptors (Lipinski definition) is 1. The zero-order valence-electron chi connectivity index (χ0n) is 11.2. The van der Waals surface area contributed by atoms with E-state index in [0.717, 1.165) is 18.5 Å². The Morgan fingerprint density at radius 1 is 0.650 bits per heavy atom. The molecule has 0 unspecified atom stereocenters. The first kappa shape index (κ1) is 11.4. The normalized spacial score (nSPS) is 12.6. The van der Waals surface area contributed by atoms with Crippen molar-refractivity contribution < 1.29 is 0 Å². The number of hydrogen-bond donors (Lipinski definition) is 0. The largest absolute Gasteiger partial charge is 0.252 e. The first-order valence-electron chi connectivity index (χ1n) is 7.05. The highest BCUT2D eigenvalue weighted by atomic mass is 14.7. The molecule has 2 aromatic carbocycles. The fourth-order valence-corrected chi connectivity index (χ4v) is 2.96. The van der Waals surface area contributed by atoms with Gasteiger partial charge in [-0.2, -0.15) is 0 Å². The minimum Gasteiger partial charge on any atom is -0.252 e. The van der Waals surface area contributed by atoms with Crippen molar-refractivity contribution in [3.05, 3.63) is 78.0 Å². The van der Waals surface area contributed by atoms with Crippen LogP contribution in [0.2, 0.25) is 0 Å². The molecule has 0 bridgehead atoms. The van der Waals surface area contributed by atoms with E-state index in [1.54, 1.807) is 0 Å². The number of nitrogens with zero attached hydrogens (tertiary/aromatic N) is 1. The van der Waals surface area contributed by atoms with Crippen LogP contribution in [0.4, 0.5) is 0 Å². The molecule has 1 aliphatic rings. The second-order valence-electron chi connectivity index (χ2n) is 5.21. The molecular weight excluding hydrogens is 242 g/mol. The quantitative estimate of drug-likeness (QED) is 0.625. The van der Waals surface area contributed by atoms with E-state index in [0.29, 0.717) is 0 Å². The molecule has 1 aliphatic carbocycles. The van der Waals surface area contributed by atoms with Crippen LogP contribution >= 0.6 is 0 Å². The van der Waals surface area contributed by atoms with Crippen molar-refractivity contribution in [1.29, 1.82) is 0 Å². The molecule has 0 aliphatic heterocycles. The number of pyridine rings is 1. The lowest BCUT2D eigenvalue weighted by Crippen LogP contribution is -2.06. The number of fused-ring (bicyclic) bond motifs is 3. The van der Waals surface area contributed by atoms with Gasteiger partial charge >= 0.3 is 0 Å². The maximum Gasteiger partial charge on any atom is 0.0705 e. The van der Waals surface area contributed by atoms with Crippen LogP contribution in [0.1, 0.15) is 11.3 Å². The summed E-state index contributed by atoms with van der Waals surface area (Å²) >= 11 is 0. The lowest BCUT2D eigenvalue weighted by molar-refractivity contribution is 0.898. The topological polar surface area (TPSA) is 12.9 Å². The van der Waals surface area contributed by atoms with Crippen molar-refractivity contribution in [3.8, 4) is 22.4 Å². The van der Waals surface area contributed by atoms with E-state index in [2.05, 4.69) is 60.7 Å². The van der Waals surface area contributed by atoms with E-state index in [1.807, 2.05) is 6.07 Å². The van der Waals surface area contributed by atoms with Crippen LogP contribution in [-0.4, -0.2) is 4.98 Å². The predicted octanol–water partition coefficient (Wildman–Crippen LogP) is 4.51. The van der Waals surface area contributed by atoms with Gasteiger partial charge < -0.3 is 0 Å². The molecule has 4 rings (SSSR count). The van der Waals surface area contributed by atoms with E-state index in [-0.39, 0.29) is 0 Å². The fraction of sp³-hybridized carbons (Fsp3) is 0.105. The van der Waals surface area contributed by atoms with Crippen LogP contribution in [0.15, 0.2) is 66.7 Å². The molecule has 0 saturated carbocycles. The summed E-state index contributed by atoms with van der Waals surface area (Å²) in [6, 6.07) is 23.4. The average molecular weight is 257 g/mol. The molecule has 0 N–H and O–H groups in total. The highest BCUT2D eigenvalue weighted by Gasteiger charge is 2.17. The Hall–Kier alpha value is -2.41. The SMILES string of the molecule is c1ccc(-c2ccc3c(n2)CCc2ccccc2-3)cc1. The van der Waals surface area contributed by atoms with Gasteiger partial charge in [0.2, 0.25) is 0 Å². The van der Waals surface area contributed by atoms with Gasteiger partial charge in [0, 0.05) is 16.8 Å². The average Bonchev–Trinajstić information content (AvgIpc) is 2.55. The summed E-state index contributed by atoms with van der Waals surface area (Å²) in [5.74, 6) is 0. The highest BCUT2D eigenvalue weighted by molar-refractivity contribution is 5.74. The lowest BCUT2D eigenvalue weighted by atomic mass is 9.88. The van der Waals surface area contributed by atoms with Crippen molar-refractivity contribution in [3.63, 3.8) is 0 Å². The molecule has 1 aromatic heterocycles. The molecule has 3 aromatic rings. The third-order valence-corrected chi connectivity index (χ3v) is 3.98. The molecule has 96 valence electrons. The fourth-order valence-electron chi connectivity index (χ4n) is 2.96. The van der Waals surface area contributed by atoms with Crippen LogP contribution in [0, 0.1) is 0 Å². The molecule has 1 nitrogen and oxygen atoms in total. The van der Waals surface area contributed by atoms with Crippen molar-refractivity contribution in [2.75, 3.05) is 0 Å². The zero-order valence-corrected chi connectivity index (χ0v) is 11.2. The first-order valence-corrected chi connectivity index (χ1v) is 7.05. The molecule has 0 radical (unpaired) electrons. The van der Waals surface area contributed by atoms with E-state index in [1.165, 1.54) is 27.9 Å². The number of benzene rings is 2. The molecule has 1 heteroatoms. The molecule has 20 heavy (non-hydrogen) atoms. The molecule has 0 atom stereocenters. The molecule has 0 saturated heterocycles. The second-order valence-corrected chi connectivity index (χ2v) is 5.21. The Morgan fingerprint density at radius 2 is 1.45 bits per heavy atom. The van der Waals surface area contributed by atoms with Crippen LogP contribution in [0.3, 0.4) is 0 Å². The van der Waals surface area contributed by atoms with Gasteiger partial charge in [0.25, 0.3) is 0 Å². The minimum atomic E-state index is 1.03. The van der Waals surface area contributed by atoms with Crippen LogP contribution < -0.4 is 0 Å². The van der Waals surface area contributed by atoms with Gasteiger partial charge in [0.15, 0.2) is 0 Å². The van der Waals surface area contributed by atoms with Crippen molar-refractivity contribution in [2.45, 2.75) is 12.8 Å². The Bertz CT molecular complexity index is 760. The second kappa shape index (κ2) is 4.61. The summed E-state index contributed by atoms with van der Waals surface area (Å²) in [6.07, 6.45) is 2.13. The highest BCUT2D eigenvalue weighted by Crippen LogP contribution is 2.33. The van der Waals surface area contributed by atoms with Crippen molar-refractivity contribution in [2.24, 2.45) is 0 Å². The van der Waals surface area contributed by atoms with Gasteiger partial charge in [0.05, 0.1) is 5.69 Å². The zero-order chi connectivity index (χ0) is 13.4. The molecule has 0 fully saturated rings. The summed E-state index contributed by atoms with van der Waals surface area (Å²) in [5.41, 5.74) is 7.57.